The Bertz CT molecular complexity index is 1410. The molecule has 7 nitrogen and oxygen atoms in total. The number of para-hydroxylation sites is 1. The van der Waals surface area contributed by atoms with Gasteiger partial charge in [-0.2, -0.15) is 13.9 Å². The van der Waals surface area contributed by atoms with E-state index in [2.05, 4.69) is 20.4 Å². The molecule has 2 heterocycles. The van der Waals surface area contributed by atoms with Crippen LogP contribution in [0.25, 0.3) is 16.6 Å². The van der Waals surface area contributed by atoms with Gasteiger partial charge in [-0.05, 0) is 50.6 Å². The van der Waals surface area contributed by atoms with E-state index in [1.807, 2.05) is 26.0 Å². The van der Waals surface area contributed by atoms with E-state index in [-0.39, 0.29) is 17.2 Å². The van der Waals surface area contributed by atoms with Crippen LogP contribution in [0.5, 0.6) is 5.75 Å². The van der Waals surface area contributed by atoms with Crippen molar-refractivity contribution >= 4 is 28.4 Å². The van der Waals surface area contributed by atoms with Gasteiger partial charge in [-0.1, -0.05) is 23.7 Å². The average Bonchev–Trinajstić information content (AvgIpc) is 3.23. The van der Waals surface area contributed by atoms with Crippen molar-refractivity contribution in [3.63, 3.8) is 0 Å². The number of aryl methyl sites for hydroxylation is 2. The summed E-state index contributed by atoms with van der Waals surface area (Å²) in [7, 11) is 0. The van der Waals surface area contributed by atoms with E-state index in [1.54, 1.807) is 16.8 Å². The van der Waals surface area contributed by atoms with E-state index >= 15 is 0 Å². The number of hydrogen-bond donors (Lipinski definition) is 1. The molecule has 0 saturated heterocycles. The van der Waals surface area contributed by atoms with Gasteiger partial charge in [-0.25, -0.2) is 19.0 Å². The number of hydrogen-bond acceptors (Lipinski definition) is 5. The molecule has 0 aliphatic heterocycles. The molecule has 4 aromatic rings. The molecule has 11 heteroatoms. The van der Waals surface area contributed by atoms with Crippen LogP contribution in [0.2, 0.25) is 5.02 Å². The normalized spacial score (nSPS) is 12.2. The highest BCUT2D eigenvalue weighted by Crippen LogP contribution is 2.32. The molecule has 0 spiro atoms. The lowest BCUT2D eigenvalue weighted by atomic mass is 10.0. The number of rotatable bonds is 7. The largest absolute Gasteiger partial charge is 0.487 e. The molecule has 2 aromatic carbocycles. The first-order valence-corrected chi connectivity index (χ1v) is 11.0. The number of fused-ring (bicyclic) bond motifs is 1. The molecule has 4 rings (SSSR count). The summed E-state index contributed by atoms with van der Waals surface area (Å²) in [5.74, 6) is -0.997. The lowest BCUT2D eigenvalue weighted by molar-refractivity contribution is -0.132. The van der Waals surface area contributed by atoms with Crippen molar-refractivity contribution in [3.05, 3.63) is 76.2 Å². The summed E-state index contributed by atoms with van der Waals surface area (Å²) < 4.78 is 47.3. The number of pyridine rings is 1. The third-order valence-corrected chi connectivity index (χ3v) is 5.78. The molecule has 0 saturated carbocycles. The van der Waals surface area contributed by atoms with Crippen molar-refractivity contribution in [2.24, 2.45) is 0 Å². The van der Waals surface area contributed by atoms with Crippen LogP contribution in [0.4, 0.5) is 13.2 Å². The van der Waals surface area contributed by atoms with Crippen molar-refractivity contribution in [1.29, 1.82) is 0 Å². The van der Waals surface area contributed by atoms with Gasteiger partial charge in [0.1, 0.15) is 35.8 Å². The van der Waals surface area contributed by atoms with Gasteiger partial charge in [0.2, 0.25) is 0 Å². The van der Waals surface area contributed by atoms with Crippen molar-refractivity contribution < 1.29 is 22.7 Å². The second kappa shape index (κ2) is 9.91. The summed E-state index contributed by atoms with van der Waals surface area (Å²) in [6.07, 6.45) is -1.74. The minimum atomic E-state index is -3.20. The van der Waals surface area contributed by atoms with Crippen molar-refractivity contribution in [1.82, 2.24) is 25.1 Å². The highest BCUT2D eigenvalue weighted by molar-refractivity contribution is 6.31. The third kappa shape index (κ3) is 5.07. The minimum absolute atomic E-state index is 0.0430. The highest BCUT2D eigenvalue weighted by atomic mass is 35.5. The predicted octanol–water partition coefficient (Wildman–Crippen LogP) is 5.25. The summed E-state index contributed by atoms with van der Waals surface area (Å²) in [4.78, 5) is 20.3. The molecule has 0 bridgehead atoms. The predicted molar refractivity (Wildman–Crippen MR) is 124 cm³/mol. The second-order valence-corrected chi connectivity index (χ2v) is 8.34. The van der Waals surface area contributed by atoms with Crippen LogP contribution in [0.3, 0.4) is 0 Å². The number of carbonyl (C=O) groups excluding carboxylic acids is 1. The smallest absolute Gasteiger partial charge is 0.315 e. The fourth-order valence-corrected chi connectivity index (χ4v) is 4.09. The van der Waals surface area contributed by atoms with E-state index in [1.165, 1.54) is 13.3 Å². The summed E-state index contributed by atoms with van der Waals surface area (Å²) in [6.45, 7) is 5.02. The Balaban J connectivity index is 1.71. The van der Waals surface area contributed by atoms with E-state index < -0.39 is 24.2 Å². The fraction of sp³-hybridized carbons (Fsp3) is 0.250. The maximum atomic E-state index is 14.1. The van der Waals surface area contributed by atoms with Gasteiger partial charge in [-0.3, -0.25) is 4.79 Å². The number of benzene rings is 2. The Morgan fingerprint density at radius 2 is 2.00 bits per heavy atom. The van der Waals surface area contributed by atoms with Crippen LogP contribution in [0.15, 0.2) is 42.7 Å². The Morgan fingerprint density at radius 1 is 1.23 bits per heavy atom. The Morgan fingerprint density at radius 3 is 2.69 bits per heavy atom. The van der Waals surface area contributed by atoms with E-state index in [4.69, 9.17) is 16.3 Å². The zero-order valence-corrected chi connectivity index (χ0v) is 19.8. The Kier molecular flexibility index (Phi) is 6.93. The van der Waals surface area contributed by atoms with Crippen molar-refractivity contribution in [2.75, 3.05) is 0 Å². The highest BCUT2D eigenvalue weighted by Gasteiger charge is 2.22. The number of nitrogens with one attached hydrogen (secondary N) is 1. The summed E-state index contributed by atoms with van der Waals surface area (Å²) in [5, 5.41) is 7.25. The monoisotopic (exact) mass is 503 g/mol. The van der Waals surface area contributed by atoms with Gasteiger partial charge in [0.15, 0.2) is 0 Å². The molecule has 1 N–H and O–H groups in total. The molecule has 1 atom stereocenters. The van der Waals surface area contributed by atoms with Crippen LogP contribution in [0.1, 0.15) is 35.6 Å². The number of ether oxygens (including phenoxy) is 1. The van der Waals surface area contributed by atoms with Gasteiger partial charge in [-0.15, -0.1) is 0 Å². The molecular formula is C24H21ClF3N5O2. The zero-order chi connectivity index (χ0) is 25.3. The SMILES string of the molecule is Cc1cc(-n2ncnc2C)c2cccc(OCc3c(Cl)cc(F)cc3[C@H](C)NC(=O)C(F)F)c2n1. The summed E-state index contributed by atoms with van der Waals surface area (Å²) in [5.41, 5.74) is 2.65. The summed E-state index contributed by atoms with van der Waals surface area (Å²) >= 11 is 6.28. The average molecular weight is 504 g/mol. The van der Waals surface area contributed by atoms with Crippen LogP contribution in [-0.4, -0.2) is 32.1 Å². The van der Waals surface area contributed by atoms with Gasteiger partial charge >= 0.3 is 6.43 Å². The van der Waals surface area contributed by atoms with Crippen LogP contribution < -0.4 is 10.1 Å². The topological polar surface area (TPSA) is 81.9 Å². The number of nitrogens with zero attached hydrogens (tertiary/aromatic N) is 4. The first kappa shape index (κ1) is 24.5. The van der Waals surface area contributed by atoms with Crippen LogP contribution in [-0.2, 0) is 11.4 Å². The molecule has 182 valence electrons. The lowest BCUT2D eigenvalue weighted by Crippen LogP contribution is -2.32. The van der Waals surface area contributed by atoms with E-state index in [0.717, 1.165) is 28.9 Å². The van der Waals surface area contributed by atoms with E-state index in [0.29, 0.717) is 22.7 Å². The maximum Gasteiger partial charge on any atom is 0.315 e. The van der Waals surface area contributed by atoms with Gasteiger partial charge in [0, 0.05) is 16.6 Å². The second-order valence-electron chi connectivity index (χ2n) is 7.93. The van der Waals surface area contributed by atoms with E-state index in [9.17, 15) is 18.0 Å². The molecule has 0 fully saturated rings. The fourth-order valence-electron chi connectivity index (χ4n) is 3.82. The number of amides is 1. The number of alkyl halides is 2. The molecule has 0 aliphatic rings. The molecule has 35 heavy (non-hydrogen) atoms. The third-order valence-electron chi connectivity index (χ3n) is 5.45. The van der Waals surface area contributed by atoms with Crippen molar-refractivity contribution in [2.45, 2.75) is 39.8 Å². The maximum absolute atomic E-state index is 14.1. The molecular weight excluding hydrogens is 483 g/mol. The first-order valence-electron chi connectivity index (χ1n) is 10.6. The molecule has 2 aromatic heterocycles. The number of aromatic nitrogens is 4. The molecule has 0 aliphatic carbocycles. The van der Waals surface area contributed by atoms with Crippen LogP contribution in [0, 0.1) is 19.7 Å². The van der Waals surface area contributed by atoms with Crippen LogP contribution >= 0.6 is 11.6 Å². The van der Waals surface area contributed by atoms with Crippen molar-refractivity contribution in [3.8, 4) is 11.4 Å². The lowest BCUT2D eigenvalue weighted by Gasteiger charge is -2.20. The minimum Gasteiger partial charge on any atom is -0.487 e. The standard InChI is InChI=1S/C24H21ClF3N5O2/c1-12-7-20(33-14(3)29-11-30-33)16-5-4-6-21(22(16)31-12)35-10-18-17(8-15(26)9-19(18)25)13(2)32-24(34)23(27)28/h4-9,11,13,23H,10H2,1-3H3,(H,32,34)/t13-/m0/s1. The Labute approximate surface area is 203 Å². The first-order chi connectivity index (χ1) is 16.7. The number of halogens is 4. The molecule has 1 amide bonds. The molecule has 0 unspecified atom stereocenters. The summed E-state index contributed by atoms with van der Waals surface area (Å²) in [6, 6.07) is 8.59. The van der Waals surface area contributed by atoms with Gasteiger partial charge in [0.05, 0.1) is 16.8 Å². The van der Waals surface area contributed by atoms with Gasteiger partial charge < -0.3 is 10.1 Å². The van der Waals surface area contributed by atoms with Gasteiger partial charge in [0.25, 0.3) is 5.91 Å². The quantitative estimate of drug-likeness (QED) is 0.373. The zero-order valence-electron chi connectivity index (χ0n) is 19.0. The number of carbonyl (C=O) groups is 1. The molecule has 0 radical (unpaired) electrons. The Hall–Kier alpha value is -3.66.